The number of carbonyl (C=O) groups excluding carboxylic acids is 1. The Morgan fingerprint density at radius 2 is 1.86 bits per heavy atom. The van der Waals surface area contributed by atoms with E-state index in [2.05, 4.69) is 9.72 Å². The van der Waals surface area contributed by atoms with Gasteiger partial charge >= 0.3 is 12.3 Å². The van der Waals surface area contributed by atoms with E-state index in [1.165, 1.54) is 12.1 Å². The van der Waals surface area contributed by atoms with Crippen molar-refractivity contribution in [2.45, 2.75) is 59.0 Å². The average molecular weight is 520 g/mol. The van der Waals surface area contributed by atoms with E-state index in [0.29, 0.717) is 44.0 Å². The van der Waals surface area contributed by atoms with Gasteiger partial charge in [0.1, 0.15) is 17.3 Å². The summed E-state index contributed by atoms with van der Waals surface area (Å²) in [5.74, 6) is 0.749. The van der Waals surface area contributed by atoms with E-state index in [4.69, 9.17) is 15.2 Å². The lowest BCUT2D eigenvalue weighted by atomic mass is 10.1. The molecule has 0 saturated heterocycles. The molecule has 0 amide bonds. The quantitative estimate of drug-likeness (QED) is 0.249. The number of aryl methyl sites for hydroxylation is 2. The Bertz CT molecular complexity index is 1180. The van der Waals surface area contributed by atoms with Crippen molar-refractivity contribution in [1.82, 2.24) is 9.55 Å². The molecule has 3 rings (SSSR count). The monoisotopic (exact) mass is 519 g/mol. The van der Waals surface area contributed by atoms with Crippen molar-refractivity contribution in [2.75, 3.05) is 13.2 Å². The molecule has 1 aromatic heterocycles. The predicted octanol–water partition coefficient (Wildman–Crippen LogP) is 5.55. The summed E-state index contributed by atoms with van der Waals surface area (Å²) in [5, 5.41) is 0. The fraction of sp³-hybridized carbons (Fsp3) is 0.407. The standard InChI is InChI=1S/C27H32F3N3O4/c1-4-35-25(34)15-22(31)6-5-13-36-24-12-7-18(2)14-21(24)17-33-19(3)16-32-26(33)20-8-10-23(11-9-20)37-27(28,29)30/h7-12,14,16,22H,4-6,13,15,17,31H2,1-3H3/t22-/m1/s1. The van der Waals surface area contributed by atoms with Crippen molar-refractivity contribution in [1.29, 1.82) is 0 Å². The zero-order valence-electron chi connectivity index (χ0n) is 21.2. The lowest BCUT2D eigenvalue weighted by Gasteiger charge is -2.16. The second kappa shape index (κ2) is 12.6. The summed E-state index contributed by atoms with van der Waals surface area (Å²) in [4.78, 5) is 16.1. The number of rotatable bonds is 12. The third kappa shape index (κ3) is 8.52. The Kier molecular flexibility index (Phi) is 9.57. The van der Waals surface area contributed by atoms with Gasteiger partial charge in [-0.3, -0.25) is 4.79 Å². The highest BCUT2D eigenvalue weighted by Gasteiger charge is 2.31. The van der Waals surface area contributed by atoms with E-state index >= 15 is 0 Å². The topological polar surface area (TPSA) is 88.6 Å². The Morgan fingerprint density at radius 1 is 1.14 bits per heavy atom. The van der Waals surface area contributed by atoms with Crippen molar-refractivity contribution in [3.05, 3.63) is 65.5 Å². The SMILES string of the molecule is CCOC(=O)C[C@H](N)CCCOc1ccc(C)cc1Cn1c(C)cnc1-c1ccc(OC(F)(F)F)cc1. The van der Waals surface area contributed by atoms with Gasteiger partial charge < -0.3 is 24.5 Å². The molecule has 0 unspecified atom stereocenters. The third-order valence-corrected chi connectivity index (χ3v) is 5.66. The maximum Gasteiger partial charge on any atom is 0.573 e. The number of esters is 1. The molecular formula is C27H32F3N3O4. The van der Waals surface area contributed by atoms with Crippen LogP contribution in [0.25, 0.3) is 11.4 Å². The van der Waals surface area contributed by atoms with Gasteiger partial charge in [-0.1, -0.05) is 17.7 Å². The number of benzene rings is 2. The van der Waals surface area contributed by atoms with Crippen LogP contribution in [0.2, 0.25) is 0 Å². The Labute approximate surface area is 214 Å². The van der Waals surface area contributed by atoms with E-state index in [0.717, 1.165) is 22.6 Å². The van der Waals surface area contributed by atoms with Gasteiger partial charge in [-0.15, -0.1) is 13.2 Å². The molecule has 3 aromatic rings. The van der Waals surface area contributed by atoms with Gasteiger partial charge in [0.05, 0.1) is 26.2 Å². The summed E-state index contributed by atoms with van der Waals surface area (Å²) >= 11 is 0. The molecule has 0 aliphatic rings. The first-order valence-electron chi connectivity index (χ1n) is 12.1. The van der Waals surface area contributed by atoms with E-state index in [1.807, 2.05) is 36.6 Å². The minimum Gasteiger partial charge on any atom is -0.493 e. The summed E-state index contributed by atoms with van der Waals surface area (Å²) in [6.45, 7) is 6.89. The zero-order chi connectivity index (χ0) is 27.0. The highest BCUT2D eigenvalue weighted by Crippen LogP contribution is 2.29. The number of alkyl halides is 3. The molecule has 2 N–H and O–H groups in total. The molecule has 0 aliphatic heterocycles. The highest BCUT2D eigenvalue weighted by molar-refractivity contribution is 5.70. The van der Waals surface area contributed by atoms with Crippen LogP contribution in [0.15, 0.2) is 48.7 Å². The molecule has 1 atom stereocenters. The van der Waals surface area contributed by atoms with Gasteiger partial charge in [0, 0.05) is 29.1 Å². The first-order chi connectivity index (χ1) is 17.6. The van der Waals surface area contributed by atoms with Gasteiger partial charge in [-0.2, -0.15) is 0 Å². The maximum atomic E-state index is 12.5. The van der Waals surface area contributed by atoms with Gasteiger partial charge in [-0.05, 0) is 63.9 Å². The van der Waals surface area contributed by atoms with Crippen LogP contribution in [0, 0.1) is 13.8 Å². The summed E-state index contributed by atoms with van der Waals surface area (Å²) < 4.78 is 54.4. The fourth-order valence-corrected chi connectivity index (χ4v) is 3.90. The van der Waals surface area contributed by atoms with Crippen molar-refractivity contribution in [3.63, 3.8) is 0 Å². The van der Waals surface area contributed by atoms with Crippen molar-refractivity contribution >= 4 is 5.97 Å². The van der Waals surface area contributed by atoms with Crippen molar-refractivity contribution in [2.24, 2.45) is 5.73 Å². The molecule has 0 fully saturated rings. The Morgan fingerprint density at radius 3 is 2.54 bits per heavy atom. The summed E-state index contributed by atoms with van der Waals surface area (Å²) in [5.41, 5.74) is 9.58. The van der Waals surface area contributed by atoms with Gasteiger partial charge in [-0.25, -0.2) is 4.98 Å². The minimum absolute atomic E-state index is 0.176. The van der Waals surface area contributed by atoms with Crippen molar-refractivity contribution in [3.8, 4) is 22.9 Å². The van der Waals surface area contributed by atoms with E-state index in [1.54, 1.807) is 25.3 Å². The number of nitrogens with two attached hydrogens (primary N) is 1. The van der Waals surface area contributed by atoms with Crippen LogP contribution < -0.4 is 15.2 Å². The summed E-state index contributed by atoms with van der Waals surface area (Å²) in [7, 11) is 0. The lowest BCUT2D eigenvalue weighted by Crippen LogP contribution is -2.25. The molecule has 0 saturated carbocycles. The Balaban J connectivity index is 1.69. The van der Waals surface area contributed by atoms with Crippen LogP contribution in [0.4, 0.5) is 13.2 Å². The number of hydrogen-bond acceptors (Lipinski definition) is 6. The maximum absolute atomic E-state index is 12.5. The molecule has 10 heteroatoms. The molecule has 2 aromatic carbocycles. The van der Waals surface area contributed by atoms with Crippen molar-refractivity contribution < 1.29 is 32.2 Å². The van der Waals surface area contributed by atoms with Crippen LogP contribution in [-0.4, -0.2) is 41.1 Å². The molecule has 0 bridgehead atoms. The number of halogens is 3. The zero-order valence-corrected chi connectivity index (χ0v) is 21.2. The lowest BCUT2D eigenvalue weighted by molar-refractivity contribution is -0.274. The molecular weight excluding hydrogens is 487 g/mol. The molecule has 200 valence electrons. The second-order valence-corrected chi connectivity index (χ2v) is 8.75. The number of carbonyl (C=O) groups is 1. The van der Waals surface area contributed by atoms with Crippen LogP contribution >= 0.6 is 0 Å². The summed E-state index contributed by atoms with van der Waals surface area (Å²) in [6.07, 6.45) is -1.55. The van der Waals surface area contributed by atoms with Crippen LogP contribution in [0.5, 0.6) is 11.5 Å². The number of hydrogen-bond donors (Lipinski definition) is 1. The van der Waals surface area contributed by atoms with E-state index < -0.39 is 6.36 Å². The molecule has 0 radical (unpaired) electrons. The highest BCUT2D eigenvalue weighted by atomic mass is 19.4. The van der Waals surface area contributed by atoms with Gasteiger partial charge in [0.2, 0.25) is 0 Å². The first-order valence-corrected chi connectivity index (χ1v) is 12.1. The number of imidazole rings is 1. The molecule has 0 spiro atoms. The van der Waals surface area contributed by atoms with Crippen LogP contribution in [0.3, 0.4) is 0 Å². The first kappa shape index (κ1) is 28.0. The normalized spacial score (nSPS) is 12.3. The fourth-order valence-electron chi connectivity index (χ4n) is 3.90. The molecule has 37 heavy (non-hydrogen) atoms. The molecule has 7 nitrogen and oxygen atoms in total. The molecule has 0 aliphatic carbocycles. The average Bonchev–Trinajstić information content (AvgIpc) is 3.17. The molecule has 1 heterocycles. The van der Waals surface area contributed by atoms with Crippen LogP contribution in [-0.2, 0) is 16.1 Å². The number of aromatic nitrogens is 2. The summed E-state index contributed by atoms with van der Waals surface area (Å²) in [6, 6.07) is 11.3. The van der Waals surface area contributed by atoms with Crippen LogP contribution in [0.1, 0.15) is 43.0 Å². The minimum atomic E-state index is -4.75. The smallest absolute Gasteiger partial charge is 0.493 e. The largest absolute Gasteiger partial charge is 0.573 e. The number of nitrogens with zero attached hydrogens (tertiary/aromatic N) is 2. The van der Waals surface area contributed by atoms with E-state index in [-0.39, 0.29) is 24.2 Å². The Hall–Kier alpha value is -3.53. The van der Waals surface area contributed by atoms with Gasteiger partial charge in [0.25, 0.3) is 0 Å². The van der Waals surface area contributed by atoms with Gasteiger partial charge in [0.15, 0.2) is 0 Å². The second-order valence-electron chi connectivity index (χ2n) is 8.75. The predicted molar refractivity (Wildman–Crippen MR) is 133 cm³/mol. The van der Waals surface area contributed by atoms with E-state index in [9.17, 15) is 18.0 Å². The third-order valence-electron chi connectivity index (χ3n) is 5.66. The number of ether oxygens (including phenoxy) is 3.